The molecule has 0 aliphatic carbocycles. The van der Waals surface area contributed by atoms with Crippen LogP contribution in [0, 0.1) is 0 Å². The molecule has 3 aromatic carbocycles. The summed E-state index contributed by atoms with van der Waals surface area (Å²) in [6, 6.07) is 19.7. The number of aromatic nitrogens is 2. The van der Waals surface area contributed by atoms with E-state index in [1.165, 1.54) is 19.2 Å². The zero-order valence-corrected chi connectivity index (χ0v) is 15.2. The van der Waals surface area contributed by atoms with E-state index >= 15 is 0 Å². The summed E-state index contributed by atoms with van der Waals surface area (Å²) in [5.41, 5.74) is 3.72. The Morgan fingerprint density at radius 2 is 1.89 bits per heavy atom. The minimum Gasteiger partial charge on any atom is -0.507 e. The van der Waals surface area contributed by atoms with Crippen molar-refractivity contribution >= 4 is 16.9 Å². The molecule has 0 saturated heterocycles. The smallest absolute Gasteiger partial charge is 0.255 e. The van der Waals surface area contributed by atoms with Gasteiger partial charge in [-0.3, -0.25) is 4.79 Å². The fourth-order valence-corrected chi connectivity index (χ4v) is 3.17. The van der Waals surface area contributed by atoms with E-state index in [9.17, 15) is 9.90 Å². The summed E-state index contributed by atoms with van der Waals surface area (Å²) < 4.78 is 5.17. The molecular formula is C22H19N3O3. The van der Waals surface area contributed by atoms with Crippen molar-refractivity contribution in [2.75, 3.05) is 7.11 Å². The molecule has 1 aromatic heterocycles. The second kappa shape index (κ2) is 7.44. The Balaban J connectivity index is 1.73. The largest absolute Gasteiger partial charge is 0.507 e. The van der Waals surface area contributed by atoms with Crippen molar-refractivity contribution < 1.29 is 14.6 Å². The van der Waals surface area contributed by atoms with Crippen molar-refractivity contribution in [3.63, 3.8) is 0 Å². The fraction of sp³-hybridized carbons (Fsp3) is 0.0909. The van der Waals surface area contributed by atoms with Crippen molar-refractivity contribution in [2.45, 2.75) is 6.04 Å². The normalized spacial score (nSPS) is 11.9. The van der Waals surface area contributed by atoms with Crippen LogP contribution in [0.5, 0.6) is 11.5 Å². The van der Waals surface area contributed by atoms with Crippen molar-refractivity contribution in [1.82, 2.24) is 15.3 Å². The number of hydrogen-bond acceptors (Lipinski definition) is 4. The summed E-state index contributed by atoms with van der Waals surface area (Å²) in [4.78, 5) is 20.3. The van der Waals surface area contributed by atoms with Gasteiger partial charge in [0.2, 0.25) is 0 Å². The summed E-state index contributed by atoms with van der Waals surface area (Å²) in [5.74, 6) is 0.00202. The molecule has 3 N–H and O–H groups in total. The van der Waals surface area contributed by atoms with Gasteiger partial charge in [-0.2, -0.15) is 0 Å². The summed E-state index contributed by atoms with van der Waals surface area (Å²) in [7, 11) is 1.51. The van der Waals surface area contributed by atoms with Crippen LogP contribution in [0.1, 0.15) is 27.5 Å². The first-order valence-electron chi connectivity index (χ1n) is 8.81. The topological polar surface area (TPSA) is 87.2 Å². The van der Waals surface area contributed by atoms with E-state index in [0.29, 0.717) is 5.75 Å². The average molecular weight is 373 g/mol. The highest BCUT2D eigenvalue weighted by atomic mass is 16.5. The van der Waals surface area contributed by atoms with Crippen LogP contribution < -0.4 is 10.1 Å². The van der Waals surface area contributed by atoms with Gasteiger partial charge in [-0.15, -0.1) is 0 Å². The number of fused-ring (bicyclic) bond motifs is 1. The number of methoxy groups -OCH3 is 1. The molecule has 0 aliphatic rings. The highest BCUT2D eigenvalue weighted by molar-refractivity contribution is 5.97. The molecule has 1 atom stereocenters. The maximum absolute atomic E-state index is 13.0. The van der Waals surface area contributed by atoms with Crippen LogP contribution in [-0.2, 0) is 0 Å². The number of rotatable bonds is 5. The summed E-state index contributed by atoms with van der Waals surface area (Å²) >= 11 is 0. The van der Waals surface area contributed by atoms with Gasteiger partial charge in [0.1, 0.15) is 11.5 Å². The third kappa shape index (κ3) is 3.40. The molecule has 0 spiro atoms. The number of amides is 1. The predicted octanol–water partition coefficient (Wildman–Crippen LogP) is 3.80. The highest BCUT2D eigenvalue weighted by Crippen LogP contribution is 2.27. The molecule has 0 radical (unpaired) electrons. The van der Waals surface area contributed by atoms with Gasteiger partial charge in [-0.05, 0) is 41.5 Å². The Hall–Kier alpha value is -3.80. The van der Waals surface area contributed by atoms with Gasteiger partial charge < -0.3 is 20.1 Å². The van der Waals surface area contributed by atoms with Gasteiger partial charge in [-0.1, -0.05) is 36.4 Å². The van der Waals surface area contributed by atoms with Crippen LogP contribution in [0.15, 0.2) is 73.1 Å². The number of hydrogen-bond donors (Lipinski definition) is 3. The lowest BCUT2D eigenvalue weighted by Crippen LogP contribution is -2.29. The van der Waals surface area contributed by atoms with Gasteiger partial charge in [-0.25, -0.2) is 4.98 Å². The summed E-state index contributed by atoms with van der Waals surface area (Å²) in [6.45, 7) is 0. The van der Waals surface area contributed by atoms with Gasteiger partial charge >= 0.3 is 0 Å². The van der Waals surface area contributed by atoms with E-state index in [1.807, 2.05) is 48.5 Å². The fourth-order valence-electron chi connectivity index (χ4n) is 3.17. The van der Waals surface area contributed by atoms with Crippen LogP contribution in [0.4, 0.5) is 0 Å². The molecule has 1 amide bonds. The van der Waals surface area contributed by atoms with Crippen molar-refractivity contribution in [1.29, 1.82) is 0 Å². The number of imidazole rings is 1. The number of ether oxygens (including phenoxy) is 1. The Morgan fingerprint density at radius 1 is 1.07 bits per heavy atom. The van der Waals surface area contributed by atoms with E-state index in [4.69, 9.17) is 4.74 Å². The minimum atomic E-state index is -0.396. The van der Waals surface area contributed by atoms with E-state index in [1.54, 1.807) is 12.4 Å². The second-order valence-electron chi connectivity index (χ2n) is 6.38. The quantitative estimate of drug-likeness (QED) is 0.497. The van der Waals surface area contributed by atoms with Gasteiger partial charge in [0, 0.05) is 0 Å². The van der Waals surface area contributed by atoms with Crippen LogP contribution in [0.2, 0.25) is 0 Å². The minimum absolute atomic E-state index is 0.103. The van der Waals surface area contributed by atoms with E-state index in [2.05, 4.69) is 15.3 Å². The molecule has 0 aliphatic heterocycles. The first-order valence-corrected chi connectivity index (χ1v) is 8.81. The molecule has 4 rings (SSSR count). The maximum atomic E-state index is 13.0. The Morgan fingerprint density at radius 3 is 2.68 bits per heavy atom. The zero-order chi connectivity index (χ0) is 19.5. The standard InChI is InChI=1S/C22H19N3O3/c1-28-16-8-10-20(26)17(12-16)22(27)25-21(14-5-3-2-4-6-14)15-7-9-18-19(11-15)24-13-23-18/h2-13,21,26H,1H3,(H,23,24)(H,25,27). The number of aromatic amines is 1. The number of benzene rings is 3. The van der Waals surface area contributed by atoms with Crippen LogP contribution in [0.3, 0.4) is 0 Å². The SMILES string of the molecule is COc1ccc(O)c(C(=O)NC(c2ccccc2)c2ccc3nc[nH]c3c2)c1. The van der Waals surface area contributed by atoms with E-state index in [-0.39, 0.29) is 11.3 Å². The predicted molar refractivity (Wildman–Crippen MR) is 107 cm³/mol. The number of phenolic OH excluding ortho intramolecular Hbond substituents is 1. The lowest BCUT2D eigenvalue weighted by Gasteiger charge is -2.20. The van der Waals surface area contributed by atoms with E-state index in [0.717, 1.165) is 22.2 Å². The molecule has 0 bridgehead atoms. The molecule has 6 nitrogen and oxygen atoms in total. The third-order valence-electron chi connectivity index (χ3n) is 4.63. The lowest BCUT2D eigenvalue weighted by molar-refractivity contribution is 0.0940. The van der Waals surface area contributed by atoms with Gasteiger partial charge in [0.25, 0.3) is 5.91 Å². The molecule has 4 aromatic rings. The van der Waals surface area contributed by atoms with Crippen LogP contribution >= 0.6 is 0 Å². The Kier molecular flexibility index (Phi) is 4.68. The molecule has 28 heavy (non-hydrogen) atoms. The monoisotopic (exact) mass is 373 g/mol. The zero-order valence-electron chi connectivity index (χ0n) is 15.2. The van der Waals surface area contributed by atoms with Crippen molar-refractivity contribution in [2.24, 2.45) is 0 Å². The van der Waals surface area contributed by atoms with Crippen molar-refractivity contribution in [3.8, 4) is 11.5 Å². The van der Waals surface area contributed by atoms with E-state index < -0.39 is 11.9 Å². The van der Waals surface area contributed by atoms with Crippen molar-refractivity contribution in [3.05, 3.63) is 89.7 Å². The number of carbonyl (C=O) groups is 1. The van der Waals surface area contributed by atoms with Crippen LogP contribution in [0.25, 0.3) is 11.0 Å². The highest BCUT2D eigenvalue weighted by Gasteiger charge is 2.20. The second-order valence-corrected chi connectivity index (χ2v) is 6.38. The van der Waals surface area contributed by atoms with Crippen LogP contribution in [-0.4, -0.2) is 28.1 Å². The molecule has 1 heterocycles. The van der Waals surface area contributed by atoms with Gasteiger partial charge in [0.05, 0.1) is 36.1 Å². The molecule has 140 valence electrons. The average Bonchev–Trinajstić information content (AvgIpc) is 3.20. The number of aromatic hydroxyl groups is 1. The molecule has 0 fully saturated rings. The lowest BCUT2D eigenvalue weighted by atomic mass is 9.97. The molecule has 1 unspecified atom stereocenters. The molecule has 6 heteroatoms. The number of phenols is 1. The van der Waals surface area contributed by atoms with Gasteiger partial charge in [0.15, 0.2) is 0 Å². The summed E-state index contributed by atoms with van der Waals surface area (Å²) in [5, 5.41) is 13.2. The Bertz CT molecular complexity index is 1120. The molecule has 0 saturated carbocycles. The number of H-pyrrole nitrogens is 1. The number of carbonyl (C=O) groups excluding carboxylic acids is 1. The first-order chi connectivity index (χ1) is 13.7. The first kappa shape index (κ1) is 17.6. The number of nitrogens with zero attached hydrogens (tertiary/aromatic N) is 1. The summed E-state index contributed by atoms with van der Waals surface area (Å²) in [6.07, 6.45) is 1.64. The third-order valence-corrected chi connectivity index (χ3v) is 4.63. The number of nitrogens with one attached hydrogen (secondary N) is 2. The molecular weight excluding hydrogens is 354 g/mol. The maximum Gasteiger partial charge on any atom is 0.255 e. The Labute approximate surface area is 161 Å².